The largest absolute Gasteiger partial charge is 0.318 e. The average molecular weight is 264 g/mol. The van der Waals surface area contributed by atoms with Crippen molar-refractivity contribution in [1.82, 2.24) is 14.8 Å². The Kier molecular flexibility index (Phi) is 3.76. The summed E-state index contributed by atoms with van der Waals surface area (Å²) in [7, 11) is 1.84. The van der Waals surface area contributed by atoms with Crippen molar-refractivity contribution in [3.05, 3.63) is 28.0 Å². The van der Waals surface area contributed by atoms with Crippen LogP contribution in [0.2, 0.25) is 0 Å². The lowest BCUT2D eigenvalue weighted by Crippen LogP contribution is -2.13. The number of amides is 1. The number of hydrogen-bond donors (Lipinski definition) is 1. The first-order valence-electron chi connectivity index (χ1n) is 5.86. The van der Waals surface area contributed by atoms with E-state index < -0.39 is 0 Å². The first kappa shape index (κ1) is 12.8. The Bertz CT molecular complexity index is 558. The lowest BCUT2D eigenvalue weighted by atomic mass is 10.3. The SMILES string of the molecule is CCCc1nc(C(=O)Nc2cnn(C)c2C)cs1. The summed E-state index contributed by atoms with van der Waals surface area (Å²) >= 11 is 1.53. The van der Waals surface area contributed by atoms with Gasteiger partial charge in [-0.15, -0.1) is 11.3 Å². The molecule has 5 nitrogen and oxygen atoms in total. The zero-order valence-corrected chi connectivity index (χ0v) is 11.5. The minimum absolute atomic E-state index is 0.176. The molecule has 0 radical (unpaired) electrons. The second-order valence-electron chi connectivity index (χ2n) is 4.10. The molecular weight excluding hydrogens is 248 g/mol. The monoisotopic (exact) mass is 264 g/mol. The van der Waals surface area contributed by atoms with Gasteiger partial charge >= 0.3 is 0 Å². The maximum atomic E-state index is 12.0. The van der Waals surface area contributed by atoms with Gasteiger partial charge in [-0.25, -0.2) is 4.98 Å². The van der Waals surface area contributed by atoms with E-state index >= 15 is 0 Å². The van der Waals surface area contributed by atoms with Crippen molar-refractivity contribution < 1.29 is 4.79 Å². The quantitative estimate of drug-likeness (QED) is 0.922. The number of hydrogen-bond acceptors (Lipinski definition) is 4. The van der Waals surface area contributed by atoms with Crippen LogP contribution in [0.15, 0.2) is 11.6 Å². The van der Waals surface area contributed by atoms with Crippen LogP contribution >= 0.6 is 11.3 Å². The molecule has 0 saturated heterocycles. The van der Waals surface area contributed by atoms with Crippen LogP contribution in [0, 0.1) is 6.92 Å². The summed E-state index contributed by atoms with van der Waals surface area (Å²) in [5.41, 5.74) is 2.13. The summed E-state index contributed by atoms with van der Waals surface area (Å²) in [6, 6.07) is 0. The molecule has 1 N–H and O–H groups in total. The Morgan fingerprint density at radius 3 is 2.94 bits per heavy atom. The summed E-state index contributed by atoms with van der Waals surface area (Å²) in [6.45, 7) is 4.01. The van der Waals surface area contributed by atoms with Crippen molar-refractivity contribution in [1.29, 1.82) is 0 Å². The molecule has 1 amide bonds. The van der Waals surface area contributed by atoms with Crippen LogP contribution in [-0.2, 0) is 13.5 Å². The molecule has 2 aromatic rings. The first-order valence-corrected chi connectivity index (χ1v) is 6.74. The molecule has 0 bridgehead atoms. The highest BCUT2D eigenvalue weighted by Gasteiger charge is 2.13. The highest BCUT2D eigenvalue weighted by Crippen LogP contribution is 2.16. The second-order valence-corrected chi connectivity index (χ2v) is 5.04. The molecule has 0 atom stereocenters. The number of anilines is 1. The van der Waals surface area contributed by atoms with E-state index in [1.807, 2.05) is 14.0 Å². The van der Waals surface area contributed by atoms with Gasteiger partial charge < -0.3 is 5.32 Å². The van der Waals surface area contributed by atoms with Crippen LogP contribution < -0.4 is 5.32 Å². The molecule has 0 aliphatic carbocycles. The molecule has 0 aromatic carbocycles. The van der Waals surface area contributed by atoms with Gasteiger partial charge in [0.05, 0.1) is 22.6 Å². The van der Waals surface area contributed by atoms with Gasteiger partial charge in [0.1, 0.15) is 5.69 Å². The Morgan fingerprint density at radius 2 is 2.33 bits per heavy atom. The minimum Gasteiger partial charge on any atom is -0.318 e. The Morgan fingerprint density at radius 1 is 1.56 bits per heavy atom. The first-order chi connectivity index (χ1) is 8.61. The Hall–Kier alpha value is -1.69. The highest BCUT2D eigenvalue weighted by atomic mass is 32.1. The van der Waals surface area contributed by atoms with Crippen molar-refractivity contribution in [2.75, 3.05) is 5.32 Å². The van der Waals surface area contributed by atoms with E-state index in [-0.39, 0.29) is 5.91 Å². The number of nitrogens with zero attached hydrogens (tertiary/aromatic N) is 3. The van der Waals surface area contributed by atoms with Gasteiger partial charge in [0.15, 0.2) is 0 Å². The third kappa shape index (κ3) is 2.59. The van der Waals surface area contributed by atoms with E-state index in [2.05, 4.69) is 22.3 Å². The number of carbonyl (C=O) groups excluding carboxylic acids is 1. The summed E-state index contributed by atoms with van der Waals surface area (Å²) in [4.78, 5) is 16.3. The lowest BCUT2D eigenvalue weighted by molar-refractivity contribution is 0.102. The predicted molar refractivity (Wildman–Crippen MR) is 72.0 cm³/mol. The van der Waals surface area contributed by atoms with E-state index in [9.17, 15) is 4.79 Å². The van der Waals surface area contributed by atoms with Crippen LogP contribution in [0.1, 0.15) is 34.5 Å². The van der Waals surface area contributed by atoms with E-state index in [1.165, 1.54) is 11.3 Å². The maximum absolute atomic E-state index is 12.0. The molecule has 0 fully saturated rings. The van der Waals surface area contributed by atoms with Crippen LogP contribution in [0.3, 0.4) is 0 Å². The standard InChI is InChI=1S/C12H16N4OS/c1-4-5-11-14-10(7-18-11)12(17)15-9-6-13-16(3)8(9)2/h6-7H,4-5H2,1-3H3,(H,15,17). The molecular formula is C12H16N4OS. The highest BCUT2D eigenvalue weighted by molar-refractivity contribution is 7.09. The molecule has 0 aliphatic rings. The van der Waals surface area contributed by atoms with Gasteiger partial charge in [0.25, 0.3) is 5.91 Å². The van der Waals surface area contributed by atoms with Crippen LogP contribution in [0.25, 0.3) is 0 Å². The fraction of sp³-hybridized carbons (Fsp3) is 0.417. The number of carbonyl (C=O) groups is 1. The van der Waals surface area contributed by atoms with Crippen molar-refractivity contribution >= 4 is 22.9 Å². The summed E-state index contributed by atoms with van der Waals surface area (Å²) in [6.07, 6.45) is 3.60. The van der Waals surface area contributed by atoms with Crippen molar-refractivity contribution in [2.24, 2.45) is 7.05 Å². The van der Waals surface area contributed by atoms with E-state index in [1.54, 1.807) is 16.3 Å². The second kappa shape index (κ2) is 5.30. The van der Waals surface area contributed by atoms with Crippen molar-refractivity contribution in [3.63, 3.8) is 0 Å². The van der Waals surface area contributed by atoms with Gasteiger partial charge in [-0.1, -0.05) is 6.92 Å². The number of aryl methyl sites for hydroxylation is 2. The zero-order valence-electron chi connectivity index (χ0n) is 10.7. The summed E-state index contributed by atoms with van der Waals surface area (Å²) in [5, 5.41) is 9.71. The molecule has 0 aliphatic heterocycles. The molecule has 2 aromatic heterocycles. The fourth-order valence-corrected chi connectivity index (χ4v) is 2.43. The van der Waals surface area contributed by atoms with Gasteiger partial charge in [-0.05, 0) is 19.8 Å². The maximum Gasteiger partial charge on any atom is 0.275 e. The fourth-order valence-electron chi connectivity index (χ4n) is 1.55. The molecule has 6 heteroatoms. The van der Waals surface area contributed by atoms with Crippen LogP contribution in [0.4, 0.5) is 5.69 Å². The van der Waals surface area contributed by atoms with Crippen molar-refractivity contribution in [3.8, 4) is 0 Å². The van der Waals surface area contributed by atoms with Crippen molar-refractivity contribution in [2.45, 2.75) is 26.7 Å². The van der Waals surface area contributed by atoms with E-state index in [0.29, 0.717) is 5.69 Å². The minimum atomic E-state index is -0.176. The molecule has 18 heavy (non-hydrogen) atoms. The smallest absolute Gasteiger partial charge is 0.275 e. The van der Waals surface area contributed by atoms with E-state index in [0.717, 1.165) is 29.2 Å². The number of nitrogens with one attached hydrogen (secondary N) is 1. The normalized spacial score (nSPS) is 10.6. The summed E-state index contributed by atoms with van der Waals surface area (Å²) < 4.78 is 1.72. The molecule has 2 rings (SSSR count). The van der Waals surface area contributed by atoms with Crippen LogP contribution in [0.5, 0.6) is 0 Å². The zero-order chi connectivity index (χ0) is 13.1. The van der Waals surface area contributed by atoms with Gasteiger partial charge in [0, 0.05) is 12.4 Å². The molecule has 0 saturated carbocycles. The predicted octanol–water partition coefficient (Wildman–Crippen LogP) is 2.39. The number of thiazole rings is 1. The molecule has 96 valence electrons. The molecule has 0 spiro atoms. The number of aromatic nitrogens is 3. The molecule has 0 unspecified atom stereocenters. The average Bonchev–Trinajstić information content (AvgIpc) is 2.92. The lowest BCUT2D eigenvalue weighted by Gasteiger charge is -2.01. The van der Waals surface area contributed by atoms with Gasteiger partial charge in [0.2, 0.25) is 0 Å². The third-order valence-electron chi connectivity index (χ3n) is 2.73. The summed E-state index contributed by atoms with van der Waals surface area (Å²) in [5.74, 6) is -0.176. The van der Waals surface area contributed by atoms with Gasteiger partial charge in [-0.3, -0.25) is 9.48 Å². The van der Waals surface area contributed by atoms with Crippen LogP contribution in [-0.4, -0.2) is 20.7 Å². The number of rotatable bonds is 4. The third-order valence-corrected chi connectivity index (χ3v) is 3.64. The van der Waals surface area contributed by atoms with E-state index in [4.69, 9.17) is 0 Å². The Balaban J connectivity index is 2.09. The van der Waals surface area contributed by atoms with Gasteiger partial charge in [-0.2, -0.15) is 5.10 Å². The Labute approximate surface area is 110 Å². The topological polar surface area (TPSA) is 59.8 Å². The molecule has 2 heterocycles.